The van der Waals surface area contributed by atoms with E-state index in [9.17, 15) is 0 Å². The fourth-order valence-electron chi connectivity index (χ4n) is 1.10. The van der Waals surface area contributed by atoms with Gasteiger partial charge in [0.25, 0.3) is 0 Å². The quantitative estimate of drug-likeness (QED) is 0.851. The average Bonchev–Trinajstić information content (AvgIpc) is 2.69. The molecule has 0 bridgehead atoms. The second kappa shape index (κ2) is 4.96. The van der Waals surface area contributed by atoms with Crippen LogP contribution in [0.25, 0.3) is 0 Å². The third-order valence-electron chi connectivity index (χ3n) is 1.80. The molecule has 0 saturated heterocycles. The van der Waals surface area contributed by atoms with E-state index in [1.807, 2.05) is 29.6 Å². The third-order valence-corrected chi connectivity index (χ3v) is 3.58. The summed E-state index contributed by atoms with van der Waals surface area (Å²) in [6.45, 7) is 0. The van der Waals surface area contributed by atoms with Crippen molar-refractivity contribution in [1.29, 1.82) is 0 Å². The van der Waals surface area contributed by atoms with E-state index in [4.69, 9.17) is 11.6 Å². The van der Waals surface area contributed by atoms with E-state index in [-0.39, 0.29) is 0 Å². The van der Waals surface area contributed by atoms with Gasteiger partial charge in [-0.05, 0) is 28.1 Å². The largest absolute Gasteiger partial charge is 0.331 e. The highest BCUT2D eigenvalue weighted by Gasteiger charge is 2.03. The minimum absolute atomic E-state index is 0.453. The van der Waals surface area contributed by atoms with Crippen LogP contribution in [0.1, 0.15) is 5.69 Å². The molecule has 0 aliphatic carbocycles. The Bertz CT molecular complexity index is 458. The number of thiazole rings is 1. The molecule has 15 heavy (non-hydrogen) atoms. The van der Waals surface area contributed by atoms with E-state index in [1.54, 1.807) is 11.3 Å². The van der Waals surface area contributed by atoms with Crippen LogP contribution in [0.2, 0.25) is 0 Å². The van der Waals surface area contributed by atoms with Crippen LogP contribution in [0, 0.1) is 0 Å². The van der Waals surface area contributed by atoms with Crippen molar-refractivity contribution in [3.05, 3.63) is 39.8 Å². The first-order valence-corrected chi connectivity index (χ1v) is 6.52. The monoisotopic (exact) mass is 302 g/mol. The number of alkyl halides is 1. The molecule has 78 valence electrons. The molecule has 2 rings (SSSR count). The van der Waals surface area contributed by atoms with Crippen molar-refractivity contribution in [2.45, 2.75) is 5.88 Å². The molecular formula is C10H8BrClN2S. The molecular weight excluding hydrogens is 296 g/mol. The van der Waals surface area contributed by atoms with Gasteiger partial charge in [0.05, 0.1) is 17.3 Å². The van der Waals surface area contributed by atoms with Crippen LogP contribution in [-0.2, 0) is 5.88 Å². The number of nitrogens with zero attached hydrogens (tertiary/aromatic N) is 1. The van der Waals surface area contributed by atoms with Crippen LogP contribution in [0.15, 0.2) is 34.1 Å². The van der Waals surface area contributed by atoms with Crippen LogP contribution in [0.4, 0.5) is 10.8 Å². The predicted molar refractivity (Wildman–Crippen MR) is 69.1 cm³/mol. The van der Waals surface area contributed by atoms with Gasteiger partial charge in [-0.15, -0.1) is 22.9 Å². The summed E-state index contributed by atoms with van der Waals surface area (Å²) >= 11 is 10.7. The zero-order valence-electron chi connectivity index (χ0n) is 7.71. The number of nitrogens with one attached hydrogen (secondary N) is 1. The van der Waals surface area contributed by atoms with Crippen molar-refractivity contribution in [2.75, 3.05) is 5.32 Å². The number of hydrogen-bond donors (Lipinski definition) is 1. The Balaban J connectivity index is 2.18. The van der Waals surface area contributed by atoms with Crippen molar-refractivity contribution in [3.8, 4) is 0 Å². The molecule has 0 atom stereocenters. The highest BCUT2D eigenvalue weighted by atomic mass is 79.9. The lowest BCUT2D eigenvalue weighted by molar-refractivity contribution is 1.22. The summed E-state index contributed by atoms with van der Waals surface area (Å²) in [5.41, 5.74) is 1.91. The van der Waals surface area contributed by atoms with E-state index >= 15 is 0 Å². The smallest absolute Gasteiger partial charge is 0.187 e. The zero-order valence-corrected chi connectivity index (χ0v) is 10.9. The van der Waals surface area contributed by atoms with E-state index < -0.39 is 0 Å². The van der Waals surface area contributed by atoms with Gasteiger partial charge in [-0.1, -0.05) is 12.1 Å². The van der Waals surface area contributed by atoms with E-state index in [0.29, 0.717) is 5.88 Å². The second-order valence-corrected chi connectivity index (χ2v) is 4.86. The van der Waals surface area contributed by atoms with Gasteiger partial charge in [0, 0.05) is 9.85 Å². The molecule has 1 heterocycles. The summed E-state index contributed by atoms with van der Waals surface area (Å²) in [5.74, 6) is 0.453. The molecule has 0 unspecified atom stereocenters. The average molecular weight is 304 g/mol. The molecule has 2 aromatic rings. The van der Waals surface area contributed by atoms with Crippen LogP contribution in [0.3, 0.4) is 0 Å². The Kier molecular flexibility index (Phi) is 3.61. The summed E-state index contributed by atoms with van der Waals surface area (Å²) in [4.78, 5) is 4.32. The van der Waals surface area contributed by atoms with Crippen LogP contribution >= 0.6 is 38.9 Å². The molecule has 0 aliphatic rings. The van der Waals surface area contributed by atoms with Crippen molar-refractivity contribution in [1.82, 2.24) is 4.98 Å². The Morgan fingerprint density at radius 3 is 2.87 bits per heavy atom. The summed E-state index contributed by atoms with van der Waals surface area (Å²) in [5, 5.41) is 6.04. The Hall–Kier alpha value is -0.580. The molecule has 0 spiro atoms. The lowest BCUT2D eigenvalue weighted by Crippen LogP contribution is -1.90. The first kappa shape index (κ1) is 10.9. The molecule has 0 amide bonds. The lowest BCUT2D eigenvalue weighted by atomic mass is 10.3. The van der Waals surface area contributed by atoms with E-state index in [2.05, 4.69) is 26.2 Å². The number of anilines is 2. The summed E-state index contributed by atoms with van der Waals surface area (Å²) in [7, 11) is 0. The van der Waals surface area contributed by atoms with Crippen molar-refractivity contribution in [3.63, 3.8) is 0 Å². The lowest BCUT2D eigenvalue weighted by Gasteiger charge is -2.03. The minimum Gasteiger partial charge on any atom is -0.331 e. The van der Waals surface area contributed by atoms with E-state index in [0.717, 1.165) is 21.0 Å². The number of para-hydroxylation sites is 1. The van der Waals surface area contributed by atoms with Crippen molar-refractivity contribution in [2.24, 2.45) is 0 Å². The minimum atomic E-state index is 0.453. The Morgan fingerprint density at radius 2 is 2.20 bits per heavy atom. The Labute approximate surface area is 105 Å². The Morgan fingerprint density at radius 1 is 1.40 bits per heavy atom. The van der Waals surface area contributed by atoms with Crippen LogP contribution < -0.4 is 5.32 Å². The molecule has 0 aliphatic heterocycles. The topological polar surface area (TPSA) is 24.9 Å². The third kappa shape index (κ3) is 2.71. The number of halogens is 2. The summed E-state index contributed by atoms with van der Waals surface area (Å²) in [6.07, 6.45) is 0. The maximum atomic E-state index is 5.68. The van der Waals surface area contributed by atoms with Gasteiger partial charge >= 0.3 is 0 Å². The van der Waals surface area contributed by atoms with Gasteiger partial charge in [0.1, 0.15) is 0 Å². The van der Waals surface area contributed by atoms with Gasteiger partial charge in [-0.25, -0.2) is 4.98 Å². The number of benzene rings is 1. The summed E-state index contributed by atoms with van der Waals surface area (Å²) < 4.78 is 1.02. The van der Waals surface area contributed by atoms with Gasteiger partial charge in [0.15, 0.2) is 5.13 Å². The fourth-order valence-corrected chi connectivity index (χ4v) is 2.44. The van der Waals surface area contributed by atoms with Crippen molar-refractivity contribution >= 4 is 49.7 Å². The highest BCUT2D eigenvalue weighted by Crippen LogP contribution is 2.27. The molecule has 1 aromatic heterocycles. The van der Waals surface area contributed by atoms with Crippen molar-refractivity contribution < 1.29 is 0 Å². The SMILES string of the molecule is ClCc1csc(Nc2ccccc2Br)n1. The first-order chi connectivity index (χ1) is 7.29. The molecule has 0 radical (unpaired) electrons. The zero-order chi connectivity index (χ0) is 10.7. The first-order valence-electron chi connectivity index (χ1n) is 4.31. The summed E-state index contributed by atoms with van der Waals surface area (Å²) in [6, 6.07) is 7.93. The van der Waals surface area contributed by atoms with Gasteiger partial charge in [-0.3, -0.25) is 0 Å². The molecule has 1 aromatic carbocycles. The van der Waals surface area contributed by atoms with Gasteiger partial charge < -0.3 is 5.32 Å². The highest BCUT2D eigenvalue weighted by molar-refractivity contribution is 9.10. The predicted octanol–water partition coefficient (Wildman–Crippen LogP) is 4.39. The second-order valence-electron chi connectivity index (χ2n) is 2.88. The number of aromatic nitrogens is 1. The van der Waals surface area contributed by atoms with Crippen LogP contribution in [-0.4, -0.2) is 4.98 Å². The molecule has 2 nitrogen and oxygen atoms in total. The number of rotatable bonds is 3. The maximum Gasteiger partial charge on any atom is 0.187 e. The standard InChI is InChI=1S/C10H8BrClN2S/c11-8-3-1-2-4-9(8)14-10-13-7(5-12)6-15-10/h1-4,6H,5H2,(H,13,14). The normalized spacial score (nSPS) is 10.3. The molecule has 5 heteroatoms. The molecule has 1 N–H and O–H groups in total. The van der Waals surface area contributed by atoms with E-state index in [1.165, 1.54) is 0 Å². The molecule has 0 fully saturated rings. The number of hydrogen-bond acceptors (Lipinski definition) is 3. The maximum absolute atomic E-state index is 5.68. The molecule has 0 saturated carbocycles. The van der Waals surface area contributed by atoms with Crippen LogP contribution in [0.5, 0.6) is 0 Å². The van der Waals surface area contributed by atoms with Gasteiger partial charge in [-0.2, -0.15) is 0 Å². The van der Waals surface area contributed by atoms with Gasteiger partial charge in [0.2, 0.25) is 0 Å². The fraction of sp³-hybridized carbons (Fsp3) is 0.100.